The molecule has 0 aromatic heterocycles. The molecule has 0 aliphatic carbocycles. The molecule has 0 aromatic carbocycles. The molecule has 8 heavy (non-hydrogen) atoms. The van der Waals surface area contributed by atoms with Gasteiger partial charge in [0.1, 0.15) is 6.61 Å². The topological polar surface area (TPSA) is 26.3 Å². The van der Waals surface area contributed by atoms with Gasteiger partial charge in [0.2, 0.25) is 0 Å². The molecule has 0 aliphatic rings. The lowest BCUT2D eigenvalue weighted by atomic mass is 10.2. The quantitative estimate of drug-likeness (QED) is 0.458. The van der Waals surface area contributed by atoms with Crippen molar-refractivity contribution in [3.8, 4) is 0 Å². The molecule has 2 nitrogen and oxygen atoms in total. The van der Waals surface area contributed by atoms with Crippen LogP contribution in [0.25, 0.3) is 0 Å². The Bertz CT molecular complexity index is 75.0. The summed E-state index contributed by atoms with van der Waals surface area (Å²) in [6.45, 7) is 4.54. The molecule has 0 amide bonds. The molecule has 0 aromatic rings. The second-order valence-electron chi connectivity index (χ2n) is 2.22. The number of hydrogen-bond acceptors (Lipinski definition) is 3. The van der Waals surface area contributed by atoms with Gasteiger partial charge in [-0.1, -0.05) is 0 Å². The van der Waals surface area contributed by atoms with Crippen LogP contribution in [0.15, 0.2) is 0 Å². The lowest BCUT2D eigenvalue weighted by Gasteiger charge is -2.13. The van der Waals surface area contributed by atoms with Gasteiger partial charge in [0.15, 0.2) is 0 Å². The summed E-state index contributed by atoms with van der Waals surface area (Å²) in [4.78, 5) is 9.60. The minimum atomic E-state index is -0.207. The molecule has 0 fully saturated rings. The maximum Gasteiger partial charge on any atom is 0.293 e. The first kappa shape index (κ1) is 7.82. The highest BCUT2D eigenvalue weighted by Gasteiger charge is 2.10. The van der Waals surface area contributed by atoms with E-state index in [2.05, 4.69) is 17.4 Å². The van der Waals surface area contributed by atoms with E-state index in [0.717, 1.165) is 0 Å². The van der Waals surface area contributed by atoms with Crippen molar-refractivity contribution >= 4 is 19.1 Å². The van der Waals surface area contributed by atoms with Crippen LogP contribution in [0, 0.1) is 0 Å². The van der Waals surface area contributed by atoms with E-state index in [1.54, 1.807) is 0 Å². The third-order valence-corrected chi connectivity index (χ3v) is 0.634. The largest absolute Gasteiger partial charge is 0.466 e. The summed E-state index contributed by atoms with van der Waals surface area (Å²) in [5.41, 5.74) is 0. The van der Waals surface area contributed by atoms with E-state index in [-0.39, 0.29) is 4.75 Å². The summed E-state index contributed by atoms with van der Waals surface area (Å²) < 4.78 is 4.23. The molecular weight excluding hydrogens is 124 g/mol. The molecule has 0 unspecified atom stereocenters. The Kier molecular flexibility index (Phi) is 2.90. The van der Waals surface area contributed by atoms with Crippen molar-refractivity contribution in [2.45, 2.75) is 18.6 Å². The normalized spacial score (nSPS) is 10.9. The second-order valence-corrected chi connectivity index (χ2v) is 3.43. The fourth-order valence-corrected chi connectivity index (χ4v) is 0.312. The summed E-state index contributed by atoms with van der Waals surface area (Å²) in [7, 11) is 0. The van der Waals surface area contributed by atoms with Crippen LogP contribution >= 0.6 is 12.6 Å². The van der Waals surface area contributed by atoms with Crippen LogP contribution in [0.3, 0.4) is 0 Å². The molecule has 0 saturated carbocycles. The summed E-state index contributed by atoms with van der Waals surface area (Å²) >= 11 is 4.10. The van der Waals surface area contributed by atoms with Gasteiger partial charge in [0.25, 0.3) is 6.47 Å². The zero-order chi connectivity index (χ0) is 6.62. The summed E-state index contributed by atoms with van der Waals surface area (Å²) in [6, 6.07) is 0. The van der Waals surface area contributed by atoms with Crippen molar-refractivity contribution in [2.75, 3.05) is 6.61 Å². The predicted octanol–water partition coefficient (Wildman–Crippen LogP) is 0.868. The highest BCUT2D eigenvalue weighted by Crippen LogP contribution is 2.10. The first-order valence-corrected chi connectivity index (χ1v) is 2.78. The van der Waals surface area contributed by atoms with Crippen LogP contribution in [0.2, 0.25) is 0 Å². The van der Waals surface area contributed by atoms with Gasteiger partial charge < -0.3 is 4.74 Å². The Hall–Kier alpha value is -0.180. The van der Waals surface area contributed by atoms with Crippen LogP contribution < -0.4 is 0 Å². The number of carbonyl (C=O) groups excluding carboxylic acids is 1. The third-order valence-electron chi connectivity index (χ3n) is 0.505. The van der Waals surface area contributed by atoms with E-state index in [1.165, 1.54) is 0 Å². The Labute approximate surface area is 54.6 Å². The first-order valence-electron chi connectivity index (χ1n) is 2.34. The van der Waals surface area contributed by atoms with Gasteiger partial charge in [-0.2, -0.15) is 12.6 Å². The lowest BCUT2D eigenvalue weighted by Crippen LogP contribution is -2.18. The van der Waals surface area contributed by atoms with Gasteiger partial charge in [-0.3, -0.25) is 4.79 Å². The third kappa shape index (κ3) is 5.82. The smallest absolute Gasteiger partial charge is 0.293 e. The lowest BCUT2D eigenvalue weighted by molar-refractivity contribution is -0.129. The van der Waals surface area contributed by atoms with Crippen molar-refractivity contribution in [3.05, 3.63) is 0 Å². The molecular formula is C5H10O2S. The summed E-state index contributed by atoms with van der Waals surface area (Å²) in [5.74, 6) is 0. The van der Waals surface area contributed by atoms with Crippen molar-refractivity contribution < 1.29 is 9.53 Å². The zero-order valence-electron chi connectivity index (χ0n) is 5.05. The van der Waals surface area contributed by atoms with E-state index in [9.17, 15) is 4.79 Å². The zero-order valence-corrected chi connectivity index (χ0v) is 5.94. The van der Waals surface area contributed by atoms with Crippen molar-refractivity contribution in [3.63, 3.8) is 0 Å². The first-order chi connectivity index (χ1) is 3.56. The molecule has 0 aliphatic heterocycles. The van der Waals surface area contributed by atoms with Crippen LogP contribution in [-0.4, -0.2) is 17.8 Å². The van der Waals surface area contributed by atoms with Gasteiger partial charge in [0, 0.05) is 4.75 Å². The molecule has 0 saturated heterocycles. The fraction of sp³-hybridized carbons (Fsp3) is 0.800. The maximum absolute atomic E-state index is 9.60. The van der Waals surface area contributed by atoms with E-state index >= 15 is 0 Å². The Morgan fingerprint density at radius 1 is 1.75 bits per heavy atom. The summed E-state index contributed by atoms with van der Waals surface area (Å²) in [5, 5.41) is 0. The average Bonchev–Trinajstić information content (AvgIpc) is 1.59. The van der Waals surface area contributed by atoms with Gasteiger partial charge in [-0.15, -0.1) is 0 Å². The van der Waals surface area contributed by atoms with Crippen LogP contribution in [0.5, 0.6) is 0 Å². The molecule has 0 atom stereocenters. The fourth-order valence-electron chi connectivity index (χ4n) is 0.238. The molecule has 3 heteroatoms. The van der Waals surface area contributed by atoms with E-state index in [0.29, 0.717) is 13.1 Å². The maximum atomic E-state index is 9.60. The molecule has 0 N–H and O–H groups in total. The molecule has 0 heterocycles. The van der Waals surface area contributed by atoms with Crippen LogP contribution in [0.1, 0.15) is 13.8 Å². The minimum Gasteiger partial charge on any atom is -0.466 e. The molecule has 0 radical (unpaired) electrons. The number of thiol groups is 1. The Morgan fingerprint density at radius 3 is 2.38 bits per heavy atom. The average molecular weight is 134 g/mol. The number of hydrogen-bond donors (Lipinski definition) is 1. The minimum absolute atomic E-state index is 0.207. The van der Waals surface area contributed by atoms with Crippen molar-refractivity contribution in [2.24, 2.45) is 0 Å². The highest BCUT2D eigenvalue weighted by atomic mass is 32.1. The number of carbonyl (C=O) groups is 1. The molecule has 0 spiro atoms. The van der Waals surface area contributed by atoms with Crippen LogP contribution in [-0.2, 0) is 9.53 Å². The predicted molar refractivity (Wildman–Crippen MR) is 35.1 cm³/mol. The number of rotatable bonds is 3. The van der Waals surface area contributed by atoms with Gasteiger partial charge in [0.05, 0.1) is 0 Å². The van der Waals surface area contributed by atoms with E-state index in [4.69, 9.17) is 0 Å². The monoisotopic (exact) mass is 134 g/mol. The van der Waals surface area contributed by atoms with Gasteiger partial charge >= 0.3 is 0 Å². The second kappa shape index (κ2) is 2.97. The molecule has 0 bridgehead atoms. The molecule has 48 valence electrons. The SMILES string of the molecule is CC(C)(S)COC=O. The van der Waals surface area contributed by atoms with Crippen LogP contribution in [0.4, 0.5) is 0 Å². The molecule has 0 rings (SSSR count). The Morgan fingerprint density at radius 2 is 2.25 bits per heavy atom. The van der Waals surface area contributed by atoms with E-state index < -0.39 is 0 Å². The number of ether oxygens (including phenoxy) is 1. The van der Waals surface area contributed by atoms with Gasteiger partial charge in [-0.25, -0.2) is 0 Å². The summed E-state index contributed by atoms with van der Waals surface area (Å²) in [6.07, 6.45) is 0. The van der Waals surface area contributed by atoms with Crippen molar-refractivity contribution in [1.82, 2.24) is 0 Å². The van der Waals surface area contributed by atoms with Crippen molar-refractivity contribution in [1.29, 1.82) is 0 Å². The standard InChI is InChI=1S/C5H10O2S/c1-5(2,8)3-7-4-6/h4,8H,3H2,1-2H3. The van der Waals surface area contributed by atoms with E-state index in [1.807, 2.05) is 13.8 Å². The highest BCUT2D eigenvalue weighted by molar-refractivity contribution is 7.81. The van der Waals surface area contributed by atoms with Gasteiger partial charge in [-0.05, 0) is 13.8 Å². The Balaban J connectivity index is 3.24.